The highest BCUT2D eigenvalue weighted by molar-refractivity contribution is 5.95. The normalized spacial score (nSPS) is 19.4. The third-order valence-corrected chi connectivity index (χ3v) is 5.30. The van der Waals surface area contributed by atoms with Crippen molar-refractivity contribution in [3.05, 3.63) is 33.7 Å². The molecule has 2 N–H and O–H groups in total. The molecule has 1 aromatic heterocycles. The van der Waals surface area contributed by atoms with Crippen LogP contribution >= 0.6 is 0 Å². The molecule has 0 aliphatic carbocycles. The van der Waals surface area contributed by atoms with Gasteiger partial charge >= 0.3 is 0 Å². The minimum atomic E-state index is -0.252. The Bertz CT molecular complexity index is 661. The van der Waals surface area contributed by atoms with Crippen LogP contribution in [0.4, 0.5) is 0 Å². The highest BCUT2D eigenvalue weighted by Crippen LogP contribution is 2.17. The zero-order valence-corrected chi connectivity index (χ0v) is 15.6. The molecule has 26 heavy (non-hydrogen) atoms. The molecule has 0 aromatic carbocycles. The molecule has 2 aliphatic rings. The average molecular weight is 362 g/mol. The Morgan fingerprint density at radius 3 is 2.77 bits per heavy atom. The maximum absolute atomic E-state index is 12.9. The van der Waals surface area contributed by atoms with Crippen molar-refractivity contribution in [2.45, 2.75) is 32.2 Å². The monoisotopic (exact) mass is 362 g/mol. The zero-order valence-electron chi connectivity index (χ0n) is 15.6. The molecule has 0 unspecified atom stereocenters. The first kappa shape index (κ1) is 19.1. The maximum Gasteiger partial charge on any atom is 0.263 e. The van der Waals surface area contributed by atoms with Crippen LogP contribution in [-0.2, 0) is 4.74 Å². The fraction of sp³-hybridized carbons (Fsp3) is 0.684. The molecule has 3 rings (SSSR count). The Morgan fingerprint density at radius 1 is 1.31 bits per heavy atom. The largest absolute Gasteiger partial charge is 0.379 e. The first-order valence-corrected chi connectivity index (χ1v) is 9.67. The summed E-state index contributed by atoms with van der Waals surface area (Å²) in [6.45, 7) is 8.64. The van der Waals surface area contributed by atoms with Gasteiger partial charge in [-0.25, -0.2) is 0 Å². The summed E-state index contributed by atoms with van der Waals surface area (Å²) in [6, 6.07) is 2.06. The number of pyridine rings is 1. The number of amides is 1. The third kappa shape index (κ3) is 4.72. The minimum absolute atomic E-state index is 0.164. The molecule has 0 radical (unpaired) electrons. The predicted octanol–water partition coefficient (Wildman–Crippen LogP) is 0.533. The smallest absolute Gasteiger partial charge is 0.263 e. The van der Waals surface area contributed by atoms with Gasteiger partial charge < -0.3 is 19.9 Å². The van der Waals surface area contributed by atoms with Crippen molar-refractivity contribution in [3.8, 4) is 0 Å². The number of hydrogen-bond donors (Lipinski definition) is 2. The van der Waals surface area contributed by atoms with Gasteiger partial charge in [-0.15, -0.1) is 0 Å². The Balaban J connectivity index is 1.58. The van der Waals surface area contributed by atoms with Gasteiger partial charge in [0.05, 0.1) is 13.2 Å². The van der Waals surface area contributed by atoms with Crippen LogP contribution < -0.4 is 16.2 Å². The zero-order chi connectivity index (χ0) is 18.4. The molecule has 3 heterocycles. The summed E-state index contributed by atoms with van der Waals surface area (Å²) >= 11 is 0. The van der Waals surface area contributed by atoms with E-state index in [2.05, 4.69) is 15.5 Å². The van der Waals surface area contributed by atoms with Gasteiger partial charge in [0.2, 0.25) is 0 Å². The maximum atomic E-state index is 12.9. The van der Waals surface area contributed by atoms with E-state index in [9.17, 15) is 9.59 Å². The Hall–Kier alpha value is -1.70. The Kier molecular flexibility index (Phi) is 6.82. The van der Waals surface area contributed by atoms with Crippen LogP contribution in [0.5, 0.6) is 0 Å². The topological polar surface area (TPSA) is 75.6 Å². The highest BCUT2D eigenvalue weighted by Gasteiger charge is 2.21. The van der Waals surface area contributed by atoms with Gasteiger partial charge in [0.25, 0.3) is 11.5 Å². The Labute approximate surface area is 154 Å². The van der Waals surface area contributed by atoms with E-state index in [1.54, 1.807) is 4.57 Å². The molecule has 0 atom stereocenters. The second kappa shape index (κ2) is 9.30. The summed E-state index contributed by atoms with van der Waals surface area (Å²) in [4.78, 5) is 27.8. The molecule has 2 fully saturated rings. The molecule has 2 saturated heterocycles. The molecule has 1 amide bonds. The summed E-state index contributed by atoms with van der Waals surface area (Å²) in [7, 11) is 0. The van der Waals surface area contributed by atoms with Crippen LogP contribution in [0.3, 0.4) is 0 Å². The number of aromatic nitrogens is 1. The van der Waals surface area contributed by atoms with Crippen molar-refractivity contribution in [2.75, 3.05) is 52.5 Å². The molecule has 7 nitrogen and oxygen atoms in total. The van der Waals surface area contributed by atoms with Crippen molar-refractivity contribution in [2.24, 2.45) is 0 Å². The van der Waals surface area contributed by atoms with Gasteiger partial charge in [-0.1, -0.05) is 0 Å². The van der Waals surface area contributed by atoms with E-state index in [-0.39, 0.29) is 23.1 Å². The number of ether oxygens (including phenoxy) is 1. The van der Waals surface area contributed by atoms with Crippen LogP contribution in [0, 0.1) is 6.92 Å². The van der Waals surface area contributed by atoms with E-state index in [1.165, 1.54) is 0 Å². The molecule has 2 aliphatic heterocycles. The quantitative estimate of drug-likeness (QED) is 0.722. The van der Waals surface area contributed by atoms with Crippen molar-refractivity contribution in [1.29, 1.82) is 0 Å². The lowest BCUT2D eigenvalue weighted by Gasteiger charge is -2.26. The highest BCUT2D eigenvalue weighted by atomic mass is 16.5. The van der Waals surface area contributed by atoms with Crippen molar-refractivity contribution in [3.63, 3.8) is 0 Å². The van der Waals surface area contributed by atoms with E-state index in [0.29, 0.717) is 6.54 Å². The lowest BCUT2D eigenvalue weighted by Crippen LogP contribution is -2.40. The number of morpholine rings is 1. The second-order valence-electron chi connectivity index (χ2n) is 7.13. The fourth-order valence-corrected chi connectivity index (χ4v) is 3.71. The number of nitrogens with one attached hydrogen (secondary N) is 2. The number of piperidine rings is 1. The standard InChI is InChI=1S/C19H30N4O3/c1-15-5-10-23(16-3-7-20-8-4-16)19(25)17(15)18(24)21-6-2-9-22-11-13-26-14-12-22/h5,10,16,20H,2-4,6-9,11-14H2,1H3,(H,21,24). The average Bonchev–Trinajstić information content (AvgIpc) is 2.67. The number of nitrogens with zero attached hydrogens (tertiary/aromatic N) is 2. The summed E-state index contributed by atoms with van der Waals surface area (Å²) in [5.41, 5.74) is 0.867. The molecule has 0 bridgehead atoms. The van der Waals surface area contributed by atoms with Gasteiger partial charge in [-0.2, -0.15) is 0 Å². The van der Waals surface area contributed by atoms with E-state index < -0.39 is 0 Å². The van der Waals surface area contributed by atoms with Crippen molar-refractivity contribution < 1.29 is 9.53 Å². The number of rotatable bonds is 6. The number of carbonyl (C=O) groups excluding carboxylic acids is 1. The van der Waals surface area contributed by atoms with Crippen LogP contribution in [0.25, 0.3) is 0 Å². The van der Waals surface area contributed by atoms with Crippen LogP contribution in [0.1, 0.15) is 41.2 Å². The summed E-state index contributed by atoms with van der Waals surface area (Å²) in [5.74, 6) is -0.252. The lowest BCUT2D eigenvalue weighted by molar-refractivity contribution is 0.0374. The third-order valence-electron chi connectivity index (χ3n) is 5.30. The molecular formula is C19H30N4O3. The van der Waals surface area contributed by atoms with Crippen LogP contribution in [-0.4, -0.2) is 67.9 Å². The SMILES string of the molecule is Cc1ccn(C2CCNCC2)c(=O)c1C(=O)NCCCN1CCOCC1. The van der Waals surface area contributed by atoms with E-state index in [0.717, 1.165) is 70.8 Å². The Morgan fingerprint density at radius 2 is 2.04 bits per heavy atom. The number of hydrogen-bond acceptors (Lipinski definition) is 5. The molecule has 0 spiro atoms. The van der Waals surface area contributed by atoms with Gasteiger partial charge in [-0.3, -0.25) is 14.5 Å². The van der Waals surface area contributed by atoms with Crippen molar-refractivity contribution in [1.82, 2.24) is 20.1 Å². The van der Waals surface area contributed by atoms with E-state index in [1.807, 2.05) is 19.2 Å². The summed E-state index contributed by atoms with van der Waals surface area (Å²) < 4.78 is 7.08. The van der Waals surface area contributed by atoms with E-state index in [4.69, 9.17) is 4.74 Å². The predicted molar refractivity (Wildman–Crippen MR) is 101 cm³/mol. The minimum Gasteiger partial charge on any atom is -0.379 e. The second-order valence-corrected chi connectivity index (χ2v) is 7.13. The first-order valence-electron chi connectivity index (χ1n) is 9.67. The number of aryl methyl sites for hydroxylation is 1. The summed E-state index contributed by atoms with van der Waals surface area (Å²) in [6.07, 6.45) is 4.55. The van der Waals surface area contributed by atoms with Crippen LogP contribution in [0.2, 0.25) is 0 Å². The van der Waals surface area contributed by atoms with Gasteiger partial charge in [0, 0.05) is 31.9 Å². The first-order chi connectivity index (χ1) is 12.7. The molecule has 0 saturated carbocycles. The number of carbonyl (C=O) groups is 1. The molecule has 7 heteroatoms. The molecule has 1 aromatic rings. The summed E-state index contributed by atoms with van der Waals surface area (Å²) in [5, 5.41) is 6.24. The van der Waals surface area contributed by atoms with Gasteiger partial charge in [0.15, 0.2) is 0 Å². The van der Waals surface area contributed by atoms with Crippen molar-refractivity contribution >= 4 is 5.91 Å². The lowest BCUT2D eigenvalue weighted by atomic mass is 10.0. The van der Waals surface area contributed by atoms with Crippen LogP contribution in [0.15, 0.2) is 17.1 Å². The van der Waals surface area contributed by atoms with Gasteiger partial charge in [-0.05, 0) is 57.5 Å². The van der Waals surface area contributed by atoms with Gasteiger partial charge in [0.1, 0.15) is 5.56 Å². The molecular weight excluding hydrogens is 332 g/mol. The molecule has 144 valence electrons. The fourth-order valence-electron chi connectivity index (χ4n) is 3.71. The van der Waals surface area contributed by atoms with E-state index >= 15 is 0 Å².